The summed E-state index contributed by atoms with van der Waals surface area (Å²) in [6.45, 7) is 3.87. The summed E-state index contributed by atoms with van der Waals surface area (Å²) in [7, 11) is -3.56. The van der Waals surface area contributed by atoms with Crippen LogP contribution in [0.15, 0.2) is 33.6 Å². The van der Waals surface area contributed by atoms with Gasteiger partial charge in [-0.2, -0.15) is 0 Å². The van der Waals surface area contributed by atoms with Crippen LogP contribution in [-0.2, 0) is 10.0 Å². The highest BCUT2D eigenvalue weighted by atomic mass is 79.9. The Morgan fingerprint density at radius 1 is 1.44 bits per heavy atom. The molecule has 0 aliphatic rings. The van der Waals surface area contributed by atoms with Crippen LogP contribution in [0.4, 0.5) is 0 Å². The largest absolute Gasteiger partial charge is 0.391 e. The van der Waals surface area contributed by atoms with Gasteiger partial charge in [0.05, 0.1) is 11.0 Å². The van der Waals surface area contributed by atoms with Crippen molar-refractivity contribution in [3.05, 3.63) is 28.7 Å². The number of sulfonamides is 1. The first-order valence-corrected chi connectivity index (χ1v) is 8.07. The molecule has 2 unspecified atom stereocenters. The molecule has 0 bridgehead atoms. The molecule has 102 valence electrons. The van der Waals surface area contributed by atoms with E-state index in [0.717, 1.165) is 6.42 Å². The lowest BCUT2D eigenvalue weighted by atomic mass is 10.0. The molecule has 0 amide bonds. The summed E-state index contributed by atoms with van der Waals surface area (Å²) in [5.74, 6) is 0.0650. The minimum atomic E-state index is -3.56. The van der Waals surface area contributed by atoms with Crippen molar-refractivity contribution in [1.29, 1.82) is 0 Å². The Morgan fingerprint density at radius 3 is 2.67 bits per heavy atom. The molecule has 0 aliphatic carbocycles. The number of halogens is 1. The van der Waals surface area contributed by atoms with Gasteiger partial charge in [-0.25, -0.2) is 13.1 Å². The zero-order chi connectivity index (χ0) is 13.8. The average molecular weight is 336 g/mol. The molecule has 1 rings (SSSR count). The second-order valence-corrected chi connectivity index (χ2v) is 6.94. The number of hydrogen-bond donors (Lipinski definition) is 2. The van der Waals surface area contributed by atoms with Gasteiger partial charge in [-0.1, -0.05) is 42.3 Å². The van der Waals surface area contributed by atoms with Gasteiger partial charge in [0.1, 0.15) is 0 Å². The lowest BCUT2D eigenvalue weighted by molar-refractivity contribution is 0.118. The van der Waals surface area contributed by atoms with Crippen molar-refractivity contribution in [1.82, 2.24) is 4.72 Å². The van der Waals surface area contributed by atoms with E-state index in [4.69, 9.17) is 0 Å². The van der Waals surface area contributed by atoms with Crippen molar-refractivity contribution < 1.29 is 13.5 Å². The topological polar surface area (TPSA) is 66.4 Å². The van der Waals surface area contributed by atoms with E-state index in [1.165, 1.54) is 12.1 Å². The Labute approximate surface area is 117 Å². The van der Waals surface area contributed by atoms with Crippen molar-refractivity contribution in [3.8, 4) is 0 Å². The Hall–Kier alpha value is -0.430. The Bertz CT molecular complexity index is 490. The van der Waals surface area contributed by atoms with Crippen LogP contribution in [0.5, 0.6) is 0 Å². The maximum atomic E-state index is 12.0. The predicted molar refractivity (Wildman–Crippen MR) is 74.8 cm³/mol. The number of hydrogen-bond acceptors (Lipinski definition) is 3. The number of nitrogens with one attached hydrogen (secondary N) is 1. The fourth-order valence-corrected chi connectivity index (χ4v) is 3.03. The fraction of sp³-hybridized carbons (Fsp3) is 0.500. The third kappa shape index (κ3) is 4.35. The van der Waals surface area contributed by atoms with E-state index >= 15 is 0 Å². The smallest absolute Gasteiger partial charge is 0.240 e. The van der Waals surface area contributed by atoms with E-state index in [1.54, 1.807) is 12.1 Å². The summed E-state index contributed by atoms with van der Waals surface area (Å²) >= 11 is 3.23. The zero-order valence-corrected chi connectivity index (χ0v) is 12.8. The molecular weight excluding hydrogens is 318 g/mol. The molecule has 0 radical (unpaired) electrons. The van der Waals surface area contributed by atoms with E-state index < -0.39 is 16.1 Å². The summed E-state index contributed by atoms with van der Waals surface area (Å²) in [6, 6.07) is 6.46. The quantitative estimate of drug-likeness (QED) is 0.836. The zero-order valence-electron chi connectivity index (χ0n) is 10.4. The predicted octanol–water partition coefficient (Wildman–Crippen LogP) is 2.13. The van der Waals surface area contributed by atoms with Gasteiger partial charge >= 0.3 is 0 Å². The van der Waals surface area contributed by atoms with Gasteiger partial charge < -0.3 is 5.11 Å². The maximum absolute atomic E-state index is 12.0. The van der Waals surface area contributed by atoms with Crippen molar-refractivity contribution in [2.24, 2.45) is 5.92 Å². The second kappa shape index (κ2) is 6.65. The molecule has 0 saturated heterocycles. The molecule has 0 saturated carbocycles. The molecule has 1 aromatic rings. The summed E-state index contributed by atoms with van der Waals surface area (Å²) in [6.07, 6.45) is 0.136. The fourth-order valence-electron chi connectivity index (χ4n) is 1.39. The number of rotatable bonds is 6. The number of aliphatic hydroxyl groups is 1. The van der Waals surface area contributed by atoms with Crippen LogP contribution in [0.2, 0.25) is 0 Å². The highest BCUT2D eigenvalue weighted by Gasteiger charge is 2.18. The molecule has 6 heteroatoms. The molecule has 0 fully saturated rings. The first kappa shape index (κ1) is 15.6. The highest BCUT2D eigenvalue weighted by molar-refractivity contribution is 9.10. The van der Waals surface area contributed by atoms with Gasteiger partial charge in [-0.3, -0.25) is 0 Å². The van der Waals surface area contributed by atoms with Crippen LogP contribution in [-0.4, -0.2) is 26.2 Å². The van der Waals surface area contributed by atoms with Crippen LogP contribution in [0.3, 0.4) is 0 Å². The summed E-state index contributed by atoms with van der Waals surface area (Å²) in [5, 5.41) is 9.75. The standard InChI is InChI=1S/C12H18BrNO3S/c1-3-9(2)12(15)8-14-18(16,17)11-6-4-5-10(13)7-11/h4-7,9,12,14-15H,3,8H2,1-2H3. The minimum absolute atomic E-state index is 0.0316. The molecule has 2 atom stereocenters. The Kier molecular flexibility index (Phi) is 5.78. The Balaban J connectivity index is 2.72. The molecule has 0 spiro atoms. The van der Waals surface area contributed by atoms with E-state index in [2.05, 4.69) is 20.7 Å². The average Bonchev–Trinajstić information content (AvgIpc) is 2.35. The third-order valence-corrected chi connectivity index (χ3v) is 4.80. The minimum Gasteiger partial charge on any atom is -0.391 e. The molecule has 4 nitrogen and oxygen atoms in total. The van der Waals surface area contributed by atoms with E-state index in [-0.39, 0.29) is 17.4 Å². The van der Waals surface area contributed by atoms with Gasteiger partial charge in [-0.05, 0) is 24.1 Å². The lowest BCUT2D eigenvalue weighted by Crippen LogP contribution is -2.35. The van der Waals surface area contributed by atoms with Crippen LogP contribution in [0, 0.1) is 5.92 Å². The van der Waals surface area contributed by atoms with Crippen LogP contribution < -0.4 is 4.72 Å². The van der Waals surface area contributed by atoms with Crippen molar-refractivity contribution in [3.63, 3.8) is 0 Å². The van der Waals surface area contributed by atoms with Crippen molar-refractivity contribution in [2.75, 3.05) is 6.54 Å². The van der Waals surface area contributed by atoms with Gasteiger partial charge in [0.25, 0.3) is 0 Å². The highest BCUT2D eigenvalue weighted by Crippen LogP contribution is 2.16. The van der Waals surface area contributed by atoms with Crippen LogP contribution in [0.1, 0.15) is 20.3 Å². The van der Waals surface area contributed by atoms with Crippen LogP contribution in [0.25, 0.3) is 0 Å². The second-order valence-electron chi connectivity index (χ2n) is 4.26. The SMILES string of the molecule is CCC(C)C(O)CNS(=O)(=O)c1cccc(Br)c1. The van der Waals surface area contributed by atoms with E-state index in [9.17, 15) is 13.5 Å². The molecule has 18 heavy (non-hydrogen) atoms. The number of benzene rings is 1. The maximum Gasteiger partial charge on any atom is 0.240 e. The molecule has 0 aliphatic heterocycles. The van der Waals surface area contributed by atoms with E-state index in [1.807, 2.05) is 13.8 Å². The first-order valence-electron chi connectivity index (χ1n) is 5.80. The third-order valence-electron chi connectivity index (χ3n) is 2.89. The summed E-state index contributed by atoms with van der Waals surface area (Å²) in [5.41, 5.74) is 0. The van der Waals surface area contributed by atoms with Gasteiger partial charge in [-0.15, -0.1) is 0 Å². The summed E-state index contributed by atoms with van der Waals surface area (Å²) < 4.78 is 27.0. The van der Waals surface area contributed by atoms with Gasteiger partial charge in [0.15, 0.2) is 0 Å². The first-order chi connectivity index (χ1) is 8.36. The van der Waals surface area contributed by atoms with Crippen LogP contribution >= 0.6 is 15.9 Å². The van der Waals surface area contributed by atoms with Crippen molar-refractivity contribution >= 4 is 26.0 Å². The Morgan fingerprint density at radius 2 is 2.11 bits per heavy atom. The monoisotopic (exact) mass is 335 g/mol. The molecule has 2 N–H and O–H groups in total. The van der Waals surface area contributed by atoms with Gasteiger partial charge in [0.2, 0.25) is 10.0 Å². The van der Waals surface area contributed by atoms with E-state index in [0.29, 0.717) is 4.47 Å². The molecule has 1 aromatic carbocycles. The lowest BCUT2D eigenvalue weighted by Gasteiger charge is -2.17. The van der Waals surface area contributed by atoms with Crippen molar-refractivity contribution in [2.45, 2.75) is 31.3 Å². The summed E-state index contributed by atoms with van der Waals surface area (Å²) in [4.78, 5) is 0.188. The number of aliphatic hydroxyl groups excluding tert-OH is 1. The normalized spacial score (nSPS) is 15.3. The molecule has 0 heterocycles. The molecular formula is C12H18BrNO3S. The van der Waals surface area contributed by atoms with Gasteiger partial charge in [0, 0.05) is 11.0 Å². The molecule has 0 aromatic heterocycles.